The van der Waals surface area contributed by atoms with E-state index in [9.17, 15) is 9.59 Å². The fraction of sp³-hybridized carbons (Fsp3) is 0.208. The Morgan fingerprint density at radius 3 is 2.23 bits per heavy atom. The van der Waals surface area contributed by atoms with Crippen LogP contribution in [-0.4, -0.2) is 45.7 Å². The number of carbonyl (C=O) groups is 2. The number of nitrogens with zero attached hydrogens (tertiary/aromatic N) is 4. The summed E-state index contributed by atoms with van der Waals surface area (Å²) < 4.78 is 5.34. The molecule has 0 fully saturated rings. The zero-order valence-electron chi connectivity index (χ0n) is 17.9. The van der Waals surface area contributed by atoms with Gasteiger partial charge in [0.25, 0.3) is 5.91 Å². The topological polar surface area (TPSA) is 84.8 Å². The molecule has 31 heavy (non-hydrogen) atoms. The van der Waals surface area contributed by atoms with Crippen LogP contribution >= 0.6 is 0 Å². The van der Waals surface area contributed by atoms with Gasteiger partial charge in [-0.15, -0.1) is 0 Å². The standard InChI is InChI=1S/C24H24N4O3/c1-24(2,3)31-23(30)19-12-10-17(11-13-19)14-27-28(4)22(29)21-16-25-20(15-26-21)18-8-6-5-7-9-18/h5-16H,1-4H3/b27-14+. The highest BCUT2D eigenvalue weighted by Gasteiger charge is 2.17. The second-order valence-corrected chi connectivity index (χ2v) is 7.85. The number of hydrogen-bond donors (Lipinski definition) is 0. The quantitative estimate of drug-likeness (QED) is 0.353. The predicted molar refractivity (Wildman–Crippen MR) is 119 cm³/mol. The Morgan fingerprint density at radius 1 is 0.968 bits per heavy atom. The zero-order valence-corrected chi connectivity index (χ0v) is 17.9. The molecule has 0 N–H and O–H groups in total. The summed E-state index contributed by atoms with van der Waals surface area (Å²) in [6.07, 6.45) is 4.53. The number of aromatic nitrogens is 2. The molecule has 0 unspecified atom stereocenters. The number of amides is 1. The van der Waals surface area contributed by atoms with E-state index in [0.717, 1.165) is 11.1 Å². The van der Waals surface area contributed by atoms with Crippen molar-refractivity contribution in [1.82, 2.24) is 15.0 Å². The number of ether oxygens (including phenoxy) is 1. The van der Waals surface area contributed by atoms with Gasteiger partial charge in [0.05, 0.1) is 29.9 Å². The lowest BCUT2D eigenvalue weighted by Crippen LogP contribution is -2.23. The molecule has 1 amide bonds. The van der Waals surface area contributed by atoms with E-state index in [4.69, 9.17) is 4.74 Å². The fourth-order valence-electron chi connectivity index (χ4n) is 2.61. The SMILES string of the molecule is CN(/N=C/c1ccc(C(=O)OC(C)(C)C)cc1)C(=O)c1cnc(-c2ccccc2)cn1. The average Bonchev–Trinajstić information content (AvgIpc) is 2.77. The van der Waals surface area contributed by atoms with E-state index in [-0.39, 0.29) is 17.6 Å². The molecule has 1 heterocycles. The van der Waals surface area contributed by atoms with E-state index < -0.39 is 5.60 Å². The van der Waals surface area contributed by atoms with Crippen LogP contribution in [0.25, 0.3) is 11.3 Å². The van der Waals surface area contributed by atoms with Gasteiger partial charge in [-0.25, -0.2) is 14.8 Å². The third-order valence-corrected chi connectivity index (χ3v) is 4.16. The van der Waals surface area contributed by atoms with Crippen LogP contribution in [0.15, 0.2) is 72.1 Å². The lowest BCUT2D eigenvalue weighted by Gasteiger charge is -2.19. The summed E-state index contributed by atoms with van der Waals surface area (Å²) in [6.45, 7) is 5.45. The van der Waals surface area contributed by atoms with Crippen LogP contribution in [0.2, 0.25) is 0 Å². The summed E-state index contributed by atoms with van der Waals surface area (Å²) in [6, 6.07) is 16.4. The van der Waals surface area contributed by atoms with Crippen molar-refractivity contribution >= 4 is 18.1 Å². The summed E-state index contributed by atoms with van der Waals surface area (Å²) in [5, 5.41) is 5.35. The lowest BCUT2D eigenvalue weighted by molar-refractivity contribution is 0.00694. The van der Waals surface area contributed by atoms with Crippen molar-refractivity contribution in [1.29, 1.82) is 0 Å². The third-order valence-electron chi connectivity index (χ3n) is 4.16. The molecule has 7 heteroatoms. The molecule has 3 aromatic rings. The van der Waals surface area contributed by atoms with Crippen LogP contribution in [0.5, 0.6) is 0 Å². The molecule has 0 saturated heterocycles. The summed E-state index contributed by atoms with van der Waals surface area (Å²) in [7, 11) is 1.54. The monoisotopic (exact) mass is 416 g/mol. The first kappa shape index (κ1) is 21.8. The highest BCUT2D eigenvalue weighted by Crippen LogP contribution is 2.15. The minimum absolute atomic E-state index is 0.194. The first-order valence-corrected chi connectivity index (χ1v) is 9.76. The highest BCUT2D eigenvalue weighted by molar-refractivity contribution is 5.93. The molecule has 0 radical (unpaired) electrons. The van der Waals surface area contributed by atoms with Gasteiger partial charge in [-0.2, -0.15) is 5.10 Å². The van der Waals surface area contributed by atoms with E-state index >= 15 is 0 Å². The van der Waals surface area contributed by atoms with Crippen molar-refractivity contribution in [3.8, 4) is 11.3 Å². The first-order valence-electron chi connectivity index (χ1n) is 9.76. The van der Waals surface area contributed by atoms with Gasteiger partial charge >= 0.3 is 5.97 Å². The highest BCUT2D eigenvalue weighted by atomic mass is 16.6. The van der Waals surface area contributed by atoms with Crippen LogP contribution in [0.4, 0.5) is 0 Å². The average molecular weight is 416 g/mol. The molecule has 1 aromatic heterocycles. The van der Waals surface area contributed by atoms with Gasteiger partial charge in [0.1, 0.15) is 11.3 Å². The van der Waals surface area contributed by atoms with E-state index in [1.165, 1.54) is 17.4 Å². The van der Waals surface area contributed by atoms with Crippen LogP contribution in [0, 0.1) is 0 Å². The van der Waals surface area contributed by atoms with Crippen LogP contribution in [-0.2, 0) is 4.74 Å². The largest absolute Gasteiger partial charge is 0.456 e. The van der Waals surface area contributed by atoms with Crippen LogP contribution in [0.1, 0.15) is 47.2 Å². The third kappa shape index (κ3) is 6.05. The normalized spacial score (nSPS) is 11.4. The van der Waals surface area contributed by atoms with Crippen molar-refractivity contribution in [2.45, 2.75) is 26.4 Å². The first-order chi connectivity index (χ1) is 14.7. The molecule has 158 valence electrons. The van der Waals surface area contributed by atoms with Crippen molar-refractivity contribution in [2.75, 3.05) is 7.05 Å². The number of esters is 1. The zero-order chi connectivity index (χ0) is 22.4. The molecule has 0 aliphatic heterocycles. The van der Waals surface area contributed by atoms with Gasteiger partial charge in [-0.1, -0.05) is 42.5 Å². The maximum absolute atomic E-state index is 12.5. The Hall–Kier alpha value is -3.87. The van der Waals surface area contributed by atoms with E-state index in [1.54, 1.807) is 37.5 Å². The van der Waals surface area contributed by atoms with Crippen molar-refractivity contribution < 1.29 is 14.3 Å². The maximum Gasteiger partial charge on any atom is 0.338 e. The summed E-state index contributed by atoms with van der Waals surface area (Å²) >= 11 is 0. The molecular formula is C24H24N4O3. The Morgan fingerprint density at radius 2 is 1.65 bits per heavy atom. The molecule has 0 atom stereocenters. The van der Waals surface area contributed by atoms with Crippen molar-refractivity contribution in [3.63, 3.8) is 0 Å². The van der Waals surface area contributed by atoms with E-state index in [2.05, 4.69) is 15.1 Å². The predicted octanol–water partition coefficient (Wildman–Crippen LogP) is 4.21. The summed E-state index contributed by atoms with van der Waals surface area (Å²) in [5.41, 5.74) is 2.44. The van der Waals surface area contributed by atoms with E-state index in [1.807, 2.05) is 51.1 Å². The van der Waals surface area contributed by atoms with Crippen molar-refractivity contribution in [2.24, 2.45) is 5.10 Å². The molecular weight excluding hydrogens is 392 g/mol. The van der Waals surface area contributed by atoms with Crippen LogP contribution < -0.4 is 0 Å². The maximum atomic E-state index is 12.5. The lowest BCUT2D eigenvalue weighted by atomic mass is 10.1. The van der Waals surface area contributed by atoms with Crippen LogP contribution in [0.3, 0.4) is 0 Å². The number of carbonyl (C=O) groups excluding carboxylic acids is 2. The Balaban J connectivity index is 1.63. The fourth-order valence-corrected chi connectivity index (χ4v) is 2.61. The Labute approximate surface area is 181 Å². The molecule has 0 spiro atoms. The number of hydrogen-bond acceptors (Lipinski definition) is 6. The van der Waals surface area contributed by atoms with Gasteiger partial charge in [-0.3, -0.25) is 9.78 Å². The second-order valence-electron chi connectivity index (χ2n) is 7.85. The Bertz CT molecular complexity index is 1070. The molecule has 0 aliphatic rings. The molecule has 7 nitrogen and oxygen atoms in total. The minimum Gasteiger partial charge on any atom is -0.456 e. The molecule has 2 aromatic carbocycles. The summed E-state index contributed by atoms with van der Waals surface area (Å²) in [4.78, 5) is 33.1. The van der Waals surface area contributed by atoms with Gasteiger partial charge < -0.3 is 4.74 Å². The number of hydrazone groups is 1. The molecule has 3 rings (SSSR count). The second kappa shape index (κ2) is 9.30. The van der Waals surface area contributed by atoms with Gasteiger partial charge in [0.15, 0.2) is 0 Å². The smallest absolute Gasteiger partial charge is 0.338 e. The van der Waals surface area contributed by atoms with Gasteiger partial charge in [0, 0.05) is 12.6 Å². The van der Waals surface area contributed by atoms with Crippen molar-refractivity contribution in [3.05, 3.63) is 83.8 Å². The number of rotatable bonds is 5. The van der Waals surface area contributed by atoms with E-state index in [0.29, 0.717) is 11.3 Å². The number of benzene rings is 2. The molecule has 0 aliphatic carbocycles. The minimum atomic E-state index is -0.553. The van der Waals surface area contributed by atoms with Gasteiger partial charge in [0.2, 0.25) is 0 Å². The Kier molecular flexibility index (Phi) is 6.55. The molecule has 0 bridgehead atoms. The van der Waals surface area contributed by atoms with Gasteiger partial charge in [-0.05, 0) is 38.5 Å². The molecule has 0 saturated carbocycles. The summed E-state index contributed by atoms with van der Waals surface area (Å²) in [5.74, 6) is -0.769.